The lowest BCUT2D eigenvalue weighted by molar-refractivity contribution is 0.248. The van der Waals surface area contributed by atoms with Crippen LogP contribution < -0.4 is 20.5 Å². The molecule has 1 aliphatic heterocycles. The fraction of sp³-hybridized carbons (Fsp3) is 0.333. The molecule has 2 aliphatic rings. The van der Waals surface area contributed by atoms with Gasteiger partial charge in [-0.1, -0.05) is 18.2 Å². The first-order chi connectivity index (χ1) is 17.9. The Balaban J connectivity index is 1.45. The highest BCUT2D eigenvalue weighted by atomic mass is 32.2. The summed E-state index contributed by atoms with van der Waals surface area (Å²) in [6, 6.07) is 4.43. The second-order valence-electron chi connectivity index (χ2n) is 9.33. The van der Waals surface area contributed by atoms with Gasteiger partial charge in [-0.2, -0.15) is 4.98 Å². The van der Waals surface area contributed by atoms with Crippen LogP contribution in [0.5, 0.6) is 0 Å². The van der Waals surface area contributed by atoms with Gasteiger partial charge >= 0.3 is 0 Å². The van der Waals surface area contributed by atoms with E-state index in [1.54, 1.807) is 37.3 Å². The zero-order chi connectivity index (χ0) is 27.5. The van der Waals surface area contributed by atoms with Crippen LogP contribution in [0.15, 0.2) is 64.2 Å². The number of aryl methyl sites for hydroxylation is 1. The molecule has 0 bridgehead atoms. The predicted molar refractivity (Wildman–Crippen MR) is 144 cm³/mol. The molecule has 0 atom stereocenters. The van der Waals surface area contributed by atoms with Crippen molar-refractivity contribution in [1.29, 1.82) is 0 Å². The average Bonchev–Trinajstić information content (AvgIpc) is 2.83. The first-order valence-electron chi connectivity index (χ1n) is 11.9. The maximum Gasteiger partial charge on any atom is 0.238 e. The van der Waals surface area contributed by atoms with Gasteiger partial charge in [0.05, 0.1) is 11.1 Å². The van der Waals surface area contributed by atoms with E-state index in [-0.39, 0.29) is 29.1 Å². The second kappa shape index (κ2) is 11.3. The summed E-state index contributed by atoms with van der Waals surface area (Å²) in [5.74, 6) is -0.831. The number of halogens is 1. The number of nitrogens with two attached hydrogens (primary N) is 1. The van der Waals surface area contributed by atoms with E-state index < -0.39 is 25.9 Å². The molecule has 38 heavy (non-hydrogen) atoms. The number of hydrogen-bond donors (Lipinski definition) is 4. The molecule has 0 amide bonds. The van der Waals surface area contributed by atoms with Gasteiger partial charge in [-0.3, -0.25) is 0 Å². The number of primary sulfonamides is 1. The number of allylic oxidation sites excluding steroid dienone is 4. The molecule has 0 unspecified atom stereocenters. The molecule has 4 rings (SSSR count). The molecule has 5 N–H and O–H groups in total. The minimum Gasteiger partial charge on any atom is -0.341 e. The van der Waals surface area contributed by atoms with Crippen molar-refractivity contribution in [3.05, 3.63) is 70.7 Å². The van der Waals surface area contributed by atoms with Crippen molar-refractivity contribution in [3.8, 4) is 0 Å². The highest BCUT2D eigenvalue weighted by Crippen LogP contribution is 2.25. The average molecular weight is 564 g/mol. The summed E-state index contributed by atoms with van der Waals surface area (Å²) >= 11 is 0. The quantitative estimate of drug-likeness (QED) is 0.378. The third kappa shape index (κ3) is 7.45. The van der Waals surface area contributed by atoms with Gasteiger partial charge in [0.25, 0.3) is 0 Å². The highest BCUT2D eigenvalue weighted by molar-refractivity contribution is 7.92. The molecule has 0 saturated carbocycles. The molecule has 2 aromatic rings. The van der Waals surface area contributed by atoms with Gasteiger partial charge in [0.15, 0.2) is 11.6 Å². The smallest absolute Gasteiger partial charge is 0.238 e. The van der Waals surface area contributed by atoms with E-state index in [0.29, 0.717) is 22.5 Å². The number of rotatable bonds is 8. The Bertz CT molecular complexity index is 1510. The van der Waals surface area contributed by atoms with Crippen molar-refractivity contribution in [2.75, 3.05) is 30.8 Å². The van der Waals surface area contributed by atoms with Crippen LogP contribution in [0.25, 0.3) is 0 Å². The fourth-order valence-electron chi connectivity index (χ4n) is 4.17. The SMILES string of the molecule is Cc1ccc(Nc2ncc(F)c(NC3=CC=C/C(=C\S(=O)(=O)NC4CCN(C)CC4)C3)n2)cc1S(N)(=O)=O. The summed E-state index contributed by atoms with van der Waals surface area (Å²) < 4.78 is 66.2. The minimum absolute atomic E-state index is 0.0192. The molecule has 1 aliphatic carbocycles. The van der Waals surface area contributed by atoms with Crippen LogP contribution in [0.3, 0.4) is 0 Å². The lowest BCUT2D eigenvalue weighted by Gasteiger charge is -2.29. The molecule has 1 aromatic heterocycles. The Kier molecular flexibility index (Phi) is 8.28. The van der Waals surface area contributed by atoms with Gasteiger partial charge in [0.1, 0.15) is 0 Å². The maximum atomic E-state index is 14.5. The predicted octanol–water partition coefficient (Wildman–Crippen LogP) is 2.47. The van der Waals surface area contributed by atoms with Gasteiger partial charge in [-0.15, -0.1) is 0 Å². The molecular formula is C24H30FN7O4S2. The topological polar surface area (TPSA) is 159 Å². The fourth-order valence-corrected chi connectivity index (χ4v) is 6.30. The molecular weight excluding hydrogens is 533 g/mol. The number of likely N-dealkylation sites (tertiary alicyclic amines) is 1. The van der Waals surface area contributed by atoms with Crippen LogP contribution in [0, 0.1) is 12.7 Å². The Morgan fingerprint density at radius 3 is 2.61 bits per heavy atom. The number of nitrogens with zero attached hydrogens (tertiary/aromatic N) is 3. The van der Waals surface area contributed by atoms with Crippen LogP contribution in [0.2, 0.25) is 0 Å². The van der Waals surface area contributed by atoms with Crippen LogP contribution in [0.1, 0.15) is 24.8 Å². The third-order valence-corrected chi connectivity index (χ3v) is 8.46. The minimum atomic E-state index is -3.93. The van der Waals surface area contributed by atoms with E-state index in [1.165, 1.54) is 11.5 Å². The van der Waals surface area contributed by atoms with Crippen molar-refractivity contribution in [3.63, 3.8) is 0 Å². The standard InChI is InChI=1S/C24H30FN7O4S2/c1-16-6-7-20(13-22(16)38(26,35)36)29-24-27-14-21(25)23(30-24)28-19-5-3-4-17(12-19)15-37(33,34)31-18-8-10-32(2)11-9-18/h3-7,13-15,18,31H,8-12H2,1-2H3,(H2,26,35,36)(H2,27,28,29,30)/b17-15+. The van der Waals surface area contributed by atoms with E-state index in [0.717, 1.165) is 32.1 Å². The van der Waals surface area contributed by atoms with Crippen molar-refractivity contribution in [2.45, 2.75) is 37.1 Å². The second-order valence-corrected chi connectivity index (χ2v) is 12.4. The Morgan fingerprint density at radius 2 is 1.89 bits per heavy atom. The Labute approximate surface area is 221 Å². The molecule has 1 aromatic carbocycles. The van der Waals surface area contributed by atoms with Crippen LogP contribution in [-0.2, 0) is 20.0 Å². The van der Waals surface area contributed by atoms with Crippen molar-refractivity contribution < 1.29 is 21.2 Å². The molecule has 1 fully saturated rings. The summed E-state index contributed by atoms with van der Waals surface area (Å²) in [6.07, 6.45) is 7.73. The summed E-state index contributed by atoms with van der Waals surface area (Å²) in [6.45, 7) is 3.28. The van der Waals surface area contributed by atoms with Gasteiger partial charge in [0, 0.05) is 29.3 Å². The number of hydrogen-bond acceptors (Lipinski definition) is 9. The monoisotopic (exact) mass is 563 g/mol. The van der Waals surface area contributed by atoms with Crippen molar-refractivity contribution >= 4 is 37.5 Å². The van der Waals surface area contributed by atoms with E-state index in [9.17, 15) is 21.2 Å². The summed E-state index contributed by atoms with van der Waals surface area (Å²) in [7, 11) is -5.59. The maximum absolute atomic E-state index is 14.5. The van der Waals surface area contributed by atoms with Gasteiger partial charge in [-0.25, -0.2) is 36.1 Å². The zero-order valence-electron chi connectivity index (χ0n) is 21.0. The molecule has 11 nitrogen and oxygen atoms in total. The largest absolute Gasteiger partial charge is 0.341 e. The van der Waals surface area contributed by atoms with E-state index in [2.05, 4.69) is 30.2 Å². The van der Waals surface area contributed by atoms with Gasteiger partial charge in [0.2, 0.25) is 26.0 Å². The molecule has 204 valence electrons. The number of nitrogens with one attached hydrogen (secondary N) is 3. The Morgan fingerprint density at radius 1 is 1.16 bits per heavy atom. The van der Waals surface area contributed by atoms with Crippen LogP contribution >= 0.6 is 0 Å². The van der Waals surface area contributed by atoms with Crippen molar-refractivity contribution in [1.82, 2.24) is 19.6 Å². The number of piperidine rings is 1. The number of sulfonamides is 2. The number of aromatic nitrogens is 2. The first kappa shape index (κ1) is 27.9. The van der Waals surface area contributed by atoms with E-state index in [4.69, 9.17) is 5.14 Å². The lowest BCUT2D eigenvalue weighted by Crippen LogP contribution is -2.42. The van der Waals surface area contributed by atoms with E-state index >= 15 is 0 Å². The molecule has 1 saturated heterocycles. The number of anilines is 3. The van der Waals surface area contributed by atoms with E-state index in [1.807, 2.05) is 7.05 Å². The molecule has 0 radical (unpaired) electrons. The first-order valence-corrected chi connectivity index (χ1v) is 15.0. The summed E-state index contributed by atoms with van der Waals surface area (Å²) in [5, 5.41) is 12.2. The highest BCUT2D eigenvalue weighted by Gasteiger charge is 2.22. The normalized spacial score (nSPS) is 18.4. The van der Waals surface area contributed by atoms with Crippen LogP contribution in [-0.4, -0.2) is 57.9 Å². The lowest BCUT2D eigenvalue weighted by atomic mass is 10.1. The molecule has 14 heteroatoms. The van der Waals surface area contributed by atoms with Crippen LogP contribution in [0.4, 0.5) is 21.8 Å². The van der Waals surface area contributed by atoms with Crippen molar-refractivity contribution in [2.24, 2.45) is 5.14 Å². The molecule has 2 heterocycles. The third-order valence-electron chi connectivity index (χ3n) is 6.13. The van der Waals surface area contributed by atoms with Gasteiger partial charge < -0.3 is 15.5 Å². The van der Waals surface area contributed by atoms with Gasteiger partial charge in [-0.05, 0) is 69.2 Å². The summed E-state index contributed by atoms with van der Waals surface area (Å²) in [5.41, 5.74) is 1.89. The number of benzene rings is 1. The molecule has 0 spiro atoms. The summed E-state index contributed by atoms with van der Waals surface area (Å²) in [4.78, 5) is 10.2. The Hall–Kier alpha value is -3.17. The zero-order valence-corrected chi connectivity index (χ0v) is 22.6.